The number of nitrogens with zero attached hydrogens (tertiary/aromatic N) is 3. The number of fused-ring (bicyclic) bond motifs is 11. The molecule has 0 N–H and O–H groups in total. The first kappa shape index (κ1) is 34.2. The Balaban J connectivity index is 1.21. The summed E-state index contributed by atoms with van der Waals surface area (Å²) in [6.45, 7) is 18.2. The van der Waals surface area contributed by atoms with Crippen LogP contribution in [-0.2, 0) is 6.42 Å². The Morgan fingerprint density at radius 2 is 1.52 bits per heavy atom. The average molecular weight is 708 g/mol. The van der Waals surface area contributed by atoms with Crippen LogP contribution < -0.4 is 4.57 Å². The summed E-state index contributed by atoms with van der Waals surface area (Å²) in [5.41, 5.74) is 21.3. The minimum Gasteiger partial charge on any atom is -0.437 e. The molecule has 4 heteroatoms. The second kappa shape index (κ2) is 12.5. The van der Waals surface area contributed by atoms with Gasteiger partial charge >= 0.3 is 0 Å². The summed E-state index contributed by atoms with van der Waals surface area (Å²) in [7, 11) is 4.62. The number of benzene rings is 4. The average Bonchev–Trinajstić information content (AvgIpc) is 3.53. The van der Waals surface area contributed by atoms with Gasteiger partial charge in [-0.25, -0.2) is 4.98 Å². The van der Waals surface area contributed by atoms with Gasteiger partial charge in [0.15, 0.2) is 17.8 Å². The molecule has 0 aliphatic carbocycles. The lowest BCUT2D eigenvalue weighted by Gasteiger charge is -2.39. The molecule has 0 saturated carbocycles. The number of hydrogen-bond donors (Lipinski definition) is 0. The van der Waals surface area contributed by atoms with Crippen LogP contribution in [0.2, 0.25) is 0 Å². The summed E-state index contributed by atoms with van der Waals surface area (Å²) in [5.74, 6) is 0.133. The zero-order valence-corrected chi connectivity index (χ0v) is 32.8. The molecule has 54 heavy (non-hydrogen) atoms. The largest absolute Gasteiger partial charge is 0.437 e. The van der Waals surface area contributed by atoms with Crippen molar-refractivity contribution in [2.45, 2.75) is 66.3 Å². The highest BCUT2D eigenvalue weighted by atomic mass is 16.3. The lowest BCUT2D eigenvalue weighted by molar-refractivity contribution is -0.788. The van der Waals surface area contributed by atoms with E-state index in [1.165, 1.54) is 78.3 Å². The van der Waals surface area contributed by atoms with E-state index in [2.05, 4.69) is 163 Å². The van der Waals surface area contributed by atoms with Crippen molar-refractivity contribution in [1.29, 1.82) is 0 Å². The monoisotopic (exact) mass is 707 g/mol. The maximum absolute atomic E-state index is 6.96. The molecule has 0 bridgehead atoms. The summed E-state index contributed by atoms with van der Waals surface area (Å²) in [6, 6.07) is 33.7. The molecule has 2 unspecified atom stereocenters. The van der Waals surface area contributed by atoms with Crippen LogP contribution >= 0.6 is 0 Å². The first-order valence-corrected chi connectivity index (χ1v) is 19.3. The standard InChI is InChI=1S/C50H49N3O/c1-10-45-48-36(18-23-43-47(34(7)53(45,8)9)41-24-29(2)16-19-38(41)44-27-30(3)33(6)28-52(43)44)17-20-39-40-21-22-42(51-50(40)54-49(39)48)46-31(4)25-37(26-32(46)5)35-14-12-11-13-15-35/h10-17,19-22,24-28,43,47H,7,18,23H2,1-6,8-9H3/q+2/b45-10-. The molecule has 0 saturated heterocycles. The molecule has 268 valence electrons. The van der Waals surface area contributed by atoms with E-state index >= 15 is 0 Å². The molecule has 2 atom stereocenters. The van der Waals surface area contributed by atoms with E-state index in [1.807, 2.05) is 0 Å². The highest BCUT2D eigenvalue weighted by Crippen LogP contribution is 2.51. The fraction of sp³-hybridized carbons (Fsp3) is 0.240. The minimum atomic E-state index is 0.133. The second-order valence-corrected chi connectivity index (χ2v) is 16.2. The SMILES string of the molecule is C=C1C2c3cc(C)ccc3-c3cc(C)c(C)c[n+]3C2CCc2ccc3c(oc4nc(-c5c(C)cc(-c6ccccc6)cc5C)ccc43)c2/C(=C/C)[N+]1(C)C. The number of furan rings is 1. The fourth-order valence-corrected chi connectivity index (χ4v) is 9.62. The predicted molar refractivity (Wildman–Crippen MR) is 223 cm³/mol. The lowest BCUT2D eigenvalue weighted by atomic mass is 9.77. The van der Waals surface area contributed by atoms with Crippen LogP contribution in [0.5, 0.6) is 0 Å². The van der Waals surface area contributed by atoms with Gasteiger partial charge in [-0.15, -0.1) is 0 Å². The van der Waals surface area contributed by atoms with Crippen molar-refractivity contribution in [1.82, 2.24) is 4.98 Å². The summed E-state index contributed by atoms with van der Waals surface area (Å²) in [5, 5.41) is 2.14. The highest BCUT2D eigenvalue weighted by molar-refractivity contribution is 6.07. The van der Waals surface area contributed by atoms with Crippen LogP contribution in [0.15, 0.2) is 120 Å². The quantitative estimate of drug-likeness (QED) is 0.132. The summed E-state index contributed by atoms with van der Waals surface area (Å²) in [6.07, 6.45) is 6.57. The molecular weight excluding hydrogens is 659 g/mol. The molecule has 4 nitrogen and oxygen atoms in total. The van der Waals surface area contributed by atoms with E-state index in [4.69, 9.17) is 16.0 Å². The Hall–Kier alpha value is -5.58. The molecule has 9 rings (SSSR count). The zero-order chi connectivity index (χ0) is 37.6. The number of aryl methyl sites for hydroxylation is 6. The Labute approximate surface area is 319 Å². The zero-order valence-electron chi connectivity index (χ0n) is 32.8. The Morgan fingerprint density at radius 3 is 2.26 bits per heavy atom. The van der Waals surface area contributed by atoms with Crippen LogP contribution in [0.4, 0.5) is 0 Å². The normalized spacial score (nSPS) is 18.4. The van der Waals surface area contributed by atoms with Crippen molar-refractivity contribution in [3.05, 3.63) is 160 Å². The molecular formula is C50H49N3O+2. The first-order valence-electron chi connectivity index (χ1n) is 19.3. The summed E-state index contributed by atoms with van der Waals surface area (Å²) in [4.78, 5) is 5.24. The van der Waals surface area contributed by atoms with E-state index in [-0.39, 0.29) is 12.0 Å². The van der Waals surface area contributed by atoms with Crippen molar-refractivity contribution in [3.8, 4) is 33.6 Å². The topological polar surface area (TPSA) is 29.9 Å². The Kier molecular flexibility index (Phi) is 7.92. The van der Waals surface area contributed by atoms with Gasteiger partial charge in [0.2, 0.25) is 11.4 Å². The Morgan fingerprint density at radius 1 is 0.778 bits per heavy atom. The van der Waals surface area contributed by atoms with Gasteiger partial charge in [0, 0.05) is 34.4 Å². The van der Waals surface area contributed by atoms with E-state index in [0.717, 1.165) is 40.5 Å². The number of allylic oxidation sites excluding steroid dienone is 2. The number of quaternary nitrogens is 1. The molecule has 0 amide bonds. The third-order valence-electron chi connectivity index (χ3n) is 12.6. The van der Waals surface area contributed by atoms with Crippen molar-refractivity contribution in [2.75, 3.05) is 14.1 Å². The number of aromatic nitrogens is 2. The third kappa shape index (κ3) is 5.15. The molecule has 0 spiro atoms. The van der Waals surface area contributed by atoms with E-state index < -0.39 is 0 Å². The molecule has 2 aliphatic rings. The van der Waals surface area contributed by atoms with Crippen LogP contribution in [0.3, 0.4) is 0 Å². The lowest BCUT2D eigenvalue weighted by Crippen LogP contribution is -2.51. The molecule has 3 aromatic heterocycles. The third-order valence-corrected chi connectivity index (χ3v) is 12.6. The van der Waals surface area contributed by atoms with E-state index in [0.29, 0.717) is 10.2 Å². The predicted octanol–water partition coefficient (Wildman–Crippen LogP) is 12.0. The van der Waals surface area contributed by atoms with Crippen LogP contribution in [-0.4, -0.2) is 23.6 Å². The fourth-order valence-electron chi connectivity index (χ4n) is 9.62. The van der Waals surface area contributed by atoms with Gasteiger partial charge in [0.1, 0.15) is 17.3 Å². The van der Waals surface area contributed by atoms with Crippen LogP contribution in [0.1, 0.15) is 69.8 Å². The molecule has 5 heterocycles. The van der Waals surface area contributed by atoms with Gasteiger partial charge in [-0.1, -0.05) is 72.3 Å². The molecule has 2 aliphatic heterocycles. The number of likely N-dealkylation sites (N-methyl/N-ethyl adjacent to an activating group) is 1. The smallest absolute Gasteiger partial charge is 0.227 e. The summed E-state index contributed by atoms with van der Waals surface area (Å²) >= 11 is 0. The highest BCUT2D eigenvalue weighted by Gasteiger charge is 2.49. The van der Waals surface area contributed by atoms with Gasteiger partial charge in [0.25, 0.3) is 0 Å². The number of hydrogen-bond acceptors (Lipinski definition) is 2. The number of rotatable bonds is 2. The second-order valence-electron chi connectivity index (χ2n) is 16.2. The summed E-state index contributed by atoms with van der Waals surface area (Å²) < 4.78 is 10.1. The maximum atomic E-state index is 6.96. The van der Waals surface area contributed by atoms with Crippen molar-refractivity contribution in [2.24, 2.45) is 0 Å². The Bertz CT molecular complexity index is 2700. The van der Waals surface area contributed by atoms with Gasteiger partial charge in [-0.05, 0) is 118 Å². The maximum Gasteiger partial charge on any atom is 0.227 e. The van der Waals surface area contributed by atoms with Gasteiger partial charge < -0.3 is 4.42 Å². The minimum absolute atomic E-state index is 0.133. The van der Waals surface area contributed by atoms with Crippen LogP contribution in [0.25, 0.3) is 61.4 Å². The molecule has 7 aromatic rings. The number of pyridine rings is 2. The van der Waals surface area contributed by atoms with Crippen molar-refractivity contribution >= 4 is 27.8 Å². The van der Waals surface area contributed by atoms with E-state index in [1.54, 1.807) is 0 Å². The molecule has 4 aromatic carbocycles. The van der Waals surface area contributed by atoms with E-state index in [9.17, 15) is 0 Å². The van der Waals surface area contributed by atoms with Gasteiger partial charge in [0.05, 0.1) is 30.9 Å². The first-order chi connectivity index (χ1) is 26.0. The van der Waals surface area contributed by atoms with Crippen molar-refractivity contribution in [3.63, 3.8) is 0 Å². The van der Waals surface area contributed by atoms with Gasteiger partial charge in [-0.3, -0.25) is 4.48 Å². The van der Waals surface area contributed by atoms with Crippen LogP contribution in [0, 0.1) is 34.6 Å². The molecule has 0 fully saturated rings. The molecule has 0 radical (unpaired) electrons. The van der Waals surface area contributed by atoms with Gasteiger partial charge in [-0.2, -0.15) is 4.57 Å². The van der Waals surface area contributed by atoms with Crippen molar-refractivity contribution < 1.29 is 13.5 Å².